The van der Waals surface area contributed by atoms with Gasteiger partial charge in [0.25, 0.3) is 0 Å². The fraction of sp³-hybridized carbons (Fsp3) is 0.750. The Morgan fingerprint density at radius 3 is 2.65 bits per heavy atom. The monoisotopic (exact) mass is 287 g/mol. The summed E-state index contributed by atoms with van der Waals surface area (Å²) in [5, 5.41) is 20.1. The molecule has 20 heavy (non-hydrogen) atoms. The van der Waals surface area contributed by atoms with Crippen molar-refractivity contribution in [2.24, 2.45) is 11.7 Å². The van der Waals surface area contributed by atoms with Crippen LogP contribution in [-0.4, -0.2) is 58.8 Å². The lowest BCUT2D eigenvalue weighted by atomic mass is 9.95. The Morgan fingerprint density at radius 1 is 1.40 bits per heavy atom. The number of primary amides is 1. The average molecular weight is 287 g/mol. The number of hydrogen-bond donors (Lipinski definition) is 4. The van der Waals surface area contributed by atoms with E-state index in [1.165, 1.54) is 4.90 Å². The van der Waals surface area contributed by atoms with Gasteiger partial charge >= 0.3 is 12.0 Å². The summed E-state index contributed by atoms with van der Waals surface area (Å²) in [6.07, 6.45) is 1.93. The van der Waals surface area contributed by atoms with Gasteiger partial charge in [0.1, 0.15) is 6.04 Å². The maximum Gasteiger partial charge on any atom is 0.326 e. The molecule has 5 N–H and O–H groups in total. The SMILES string of the molecule is NC(=O)C[C@H](NC(=O)N1CCCC(CCO)C1)C(=O)O. The van der Waals surface area contributed by atoms with Crippen molar-refractivity contribution in [3.05, 3.63) is 0 Å². The number of hydrogen-bond acceptors (Lipinski definition) is 4. The van der Waals surface area contributed by atoms with Crippen LogP contribution in [0.25, 0.3) is 0 Å². The maximum atomic E-state index is 12.0. The quantitative estimate of drug-likeness (QED) is 0.503. The fourth-order valence-corrected chi connectivity index (χ4v) is 2.31. The summed E-state index contributed by atoms with van der Waals surface area (Å²) < 4.78 is 0. The van der Waals surface area contributed by atoms with Gasteiger partial charge in [-0.2, -0.15) is 0 Å². The summed E-state index contributed by atoms with van der Waals surface area (Å²) in [4.78, 5) is 35.2. The Kier molecular flexibility index (Phi) is 6.23. The number of likely N-dealkylation sites (tertiary alicyclic amines) is 1. The predicted molar refractivity (Wildman–Crippen MR) is 69.8 cm³/mol. The molecule has 114 valence electrons. The molecular weight excluding hydrogens is 266 g/mol. The number of nitrogens with zero attached hydrogens (tertiary/aromatic N) is 1. The molecule has 8 nitrogen and oxygen atoms in total. The third-order valence-corrected chi connectivity index (χ3v) is 3.34. The van der Waals surface area contributed by atoms with Crippen LogP contribution in [0.5, 0.6) is 0 Å². The molecule has 1 saturated heterocycles. The van der Waals surface area contributed by atoms with E-state index in [0.29, 0.717) is 19.5 Å². The Labute approximate surface area is 116 Å². The highest BCUT2D eigenvalue weighted by molar-refractivity contribution is 5.87. The summed E-state index contributed by atoms with van der Waals surface area (Å²) >= 11 is 0. The van der Waals surface area contributed by atoms with E-state index in [1.807, 2.05) is 0 Å². The molecule has 0 bridgehead atoms. The number of carboxylic acid groups (broad SMARTS) is 1. The molecule has 0 saturated carbocycles. The van der Waals surface area contributed by atoms with Crippen molar-refractivity contribution in [1.82, 2.24) is 10.2 Å². The van der Waals surface area contributed by atoms with Crippen LogP contribution in [0.3, 0.4) is 0 Å². The molecule has 1 fully saturated rings. The topological polar surface area (TPSA) is 133 Å². The van der Waals surface area contributed by atoms with Crippen LogP contribution in [0.2, 0.25) is 0 Å². The highest BCUT2D eigenvalue weighted by atomic mass is 16.4. The van der Waals surface area contributed by atoms with Crippen LogP contribution < -0.4 is 11.1 Å². The zero-order chi connectivity index (χ0) is 15.1. The average Bonchev–Trinajstić information content (AvgIpc) is 2.38. The molecule has 0 aromatic heterocycles. The minimum absolute atomic E-state index is 0.0690. The van der Waals surface area contributed by atoms with Crippen LogP contribution in [0.1, 0.15) is 25.7 Å². The van der Waals surface area contributed by atoms with Crippen LogP contribution in [0, 0.1) is 5.92 Å². The minimum atomic E-state index is -1.31. The van der Waals surface area contributed by atoms with E-state index >= 15 is 0 Å². The molecule has 1 heterocycles. The molecule has 0 aromatic rings. The summed E-state index contributed by atoms with van der Waals surface area (Å²) in [6.45, 7) is 1.09. The van der Waals surface area contributed by atoms with Crippen molar-refractivity contribution < 1.29 is 24.6 Å². The van der Waals surface area contributed by atoms with Gasteiger partial charge < -0.3 is 26.2 Å². The first-order valence-corrected chi connectivity index (χ1v) is 6.61. The third kappa shape index (κ3) is 5.04. The standard InChI is InChI=1S/C12H21N3O5/c13-10(17)6-9(11(18)19)14-12(20)15-4-1-2-8(7-15)3-5-16/h8-9,16H,1-7H2,(H2,13,17)(H,14,20)(H,18,19)/t8?,9-/m0/s1. The molecule has 1 unspecified atom stereocenters. The normalized spacial score (nSPS) is 20.2. The van der Waals surface area contributed by atoms with Crippen molar-refractivity contribution in [2.75, 3.05) is 19.7 Å². The molecule has 8 heteroatoms. The number of piperidine rings is 1. The van der Waals surface area contributed by atoms with Crippen LogP contribution in [0.15, 0.2) is 0 Å². The molecule has 3 amide bonds. The van der Waals surface area contributed by atoms with Crippen molar-refractivity contribution in [3.63, 3.8) is 0 Å². The molecule has 0 aliphatic carbocycles. The van der Waals surface area contributed by atoms with Gasteiger partial charge in [0.05, 0.1) is 6.42 Å². The molecule has 1 rings (SSSR count). The van der Waals surface area contributed by atoms with Gasteiger partial charge in [-0.15, -0.1) is 0 Å². The maximum absolute atomic E-state index is 12.0. The number of urea groups is 1. The van der Waals surface area contributed by atoms with Crippen molar-refractivity contribution >= 4 is 17.9 Å². The summed E-state index contributed by atoms with van der Waals surface area (Å²) in [5.41, 5.74) is 4.95. The number of nitrogens with one attached hydrogen (secondary N) is 1. The summed E-state index contributed by atoms with van der Waals surface area (Å²) in [5.74, 6) is -1.85. The van der Waals surface area contributed by atoms with Gasteiger partial charge in [0.15, 0.2) is 0 Å². The first kappa shape index (κ1) is 16.2. The molecule has 2 atom stereocenters. The van der Waals surface area contributed by atoms with Crippen LogP contribution in [-0.2, 0) is 9.59 Å². The largest absolute Gasteiger partial charge is 0.480 e. The fourth-order valence-electron chi connectivity index (χ4n) is 2.31. The van der Waals surface area contributed by atoms with E-state index in [9.17, 15) is 14.4 Å². The Bertz CT molecular complexity index is 372. The molecule has 0 spiro atoms. The number of carboxylic acids is 1. The number of carbonyl (C=O) groups is 3. The molecule has 0 aromatic carbocycles. The smallest absolute Gasteiger partial charge is 0.326 e. The Hall–Kier alpha value is -1.83. The minimum Gasteiger partial charge on any atom is -0.480 e. The zero-order valence-electron chi connectivity index (χ0n) is 11.2. The number of aliphatic carboxylic acids is 1. The lowest BCUT2D eigenvalue weighted by Crippen LogP contribution is -2.51. The molecule has 1 aliphatic heterocycles. The first-order chi connectivity index (χ1) is 9.43. The predicted octanol–water partition coefficient (Wildman–Crippen LogP) is -0.881. The summed E-state index contributed by atoms with van der Waals surface area (Å²) in [7, 11) is 0. The first-order valence-electron chi connectivity index (χ1n) is 6.61. The highest BCUT2D eigenvalue weighted by Gasteiger charge is 2.27. The van der Waals surface area contributed by atoms with Crippen LogP contribution in [0.4, 0.5) is 4.79 Å². The van der Waals surface area contributed by atoms with E-state index < -0.39 is 30.4 Å². The number of aliphatic hydroxyl groups is 1. The van der Waals surface area contributed by atoms with Crippen molar-refractivity contribution in [1.29, 1.82) is 0 Å². The van der Waals surface area contributed by atoms with Gasteiger partial charge in [-0.3, -0.25) is 4.79 Å². The second-order valence-electron chi connectivity index (χ2n) is 4.98. The van der Waals surface area contributed by atoms with Gasteiger partial charge in [0, 0.05) is 19.7 Å². The second-order valence-corrected chi connectivity index (χ2v) is 4.98. The lowest BCUT2D eigenvalue weighted by Gasteiger charge is -2.33. The van der Waals surface area contributed by atoms with E-state index in [0.717, 1.165) is 12.8 Å². The van der Waals surface area contributed by atoms with E-state index in [-0.39, 0.29) is 12.5 Å². The van der Waals surface area contributed by atoms with E-state index in [2.05, 4.69) is 5.32 Å². The van der Waals surface area contributed by atoms with Gasteiger partial charge in [-0.1, -0.05) is 0 Å². The highest BCUT2D eigenvalue weighted by Crippen LogP contribution is 2.19. The molecule has 0 radical (unpaired) electrons. The number of nitrogens with two attached hydrogens (primary N) is 1. The summed E-state index contributed by atoms with van der Waals surface area (Å²) in [6, 6.07) is -1.82. The zero-order valence-corrected chi connectivity index (χ0v) is 11.2. The number of carbonyl (C=O) groups excluding carboxylic acids is 2. The van der Waals surface area contributed by atoms with Gasteiger partial charge in [0.2, 0.25) is 5.91 Å². The number of rotatable bonds is 6. The second kappa shape index (κ2) is 7.68. The third-order valence-electron chi connectivity index (χ3n) is 3.34. The molecular formula is C12H21N3O5. The van der Waals surface area contributed by atoms with E-state index in [4.69, 9.17) is 15.9 Å². The van der Waals surface area contributed by atoms with E-state index in [1.54, 1.807) is 0 Å². The van der Waals surface area contributed by atoms with Gasteiger partial charge in [-0.05, 0) is 25.2 Å². The Morgan fingerprint density at radius 2 is 2.10 bits per heavy atom. The number of aliphatic hydroxyl groups excluding tert-OH is 1. The van der Waals surface area contributed by atoms with Crippen molar-refractivity contribution in [3.8, 4) is 0 Å². The lowest BCUT2D eigenvalue weighted by molar-refractivity contribution is -0.141. The van der Waals surface area contributed by atoms with Gasteiger partial charge in [-0.25, -0.2) is 9.59 Å². The number of amides is 3. The Balaban J connectivity index is 2.55. The van der Waals surface area contributed by atoms with Crippen LogP contribution >= 0.6 is 0 Å². The molecule has 1 aliphatic rings. The van der Waals surface area contributed by atoms with Crippen molar-refractivity contribution in [2.45, 2.75) is 31.7 Å².